The molecule has 0 unspecified atom stereocenters. The Balaban J connectivity index is 0.00000196. The quantitative estimate of drug-likeness (QED) is 0.787. The van der Waals surface area contributed by atoms with Crippen molar-refractivity contribution < 1.29 is 21.6 Å². The largest absolute Gasteiger partial charge is 0.501 e. The van der Waals surface area contributed by atoms with Crippen molar-refractivity contribution in [2.45, 2.75) is 10.4 Å². The van der Waals surface area contributed by atoms with E-state index in [9.17, 15) is 21.6 Å². The van der Waals surface area contributed by atoms with Crippen molar-refractivity contribution in [3.8, 4) is 0 Å². The molecule has 1 rings (SSSR count). The first kappa shape index (κ1) is 14.0. The highest BCUT2D eigenvalue weighted by Gasteiger charge is 2.46. The van der Waals surface area contributed by atoms with Gasteiger partial charge in [-0.25, -0.2) is 8.42 Å². The van der Waals surface area contributed by atoms with Gasteiger partial charge in [0.1, 0.15) is 0 Å². The van der Waals surface area contributed by atoms with E-state index in [-0.39, 0.29) is 18.1 Å². The predicted octanol–water partition coefficient (Wildman–Crippen LogP) is 1.98. The lowest BCUT2D eigenvalue weighted by molar-refractivity contribution is -0.0435. The Morgan fingerprint density at radius 2 is 1.73 bits per heavy atom. The molecule has 0 heterocycles. The van der Waals surface area contributed by atoms with E-state index in [1.165, 1.54) is 6.07 Å². The molecule has 0 aliphatic carbocycles. The van der Waals surface area contributed by atoms with E-state index < -0.39 is 20.2 Å². The Kier molecular flexibility index (Phi) is 4.01. The molecule has 0 aliphatic rings. The number of nitrogens with two attached hydrogens (primary N) is 1. The lowest BCUT2D eigenvalue weighted by Gasteiger charge is -2.07. The van der Waals surface area contributed by atoms with Gasteiger partial charge >= 0.3 is 5.51 Å². The van der Waals surface area contributed by atoms with Crippen molar-refractivity contribution in [2.75, 3.05) is 5.73 Å². The summed E-state index contributed by atoms with van der Waals surface area (Å²) in [4.78, 5) is -0.843. The van der Waals surface area contributed by atoms with Gasteiger partial charge in [0.2, 0.25) is 0 Å². The summed E-state index contributed by atoms with van der Waals surface area (Å²) in [5.74, 6) is 0. The van der Waals surface area contributed by atoms with E-state index >= 15 is 0 Å². The molecule has 15 heavy (non-hydrogen) atoms. The molecular weight excluding hydrogens is 255 g/mol. The maximum Gasteiger partial charge on any atom is 0.501 e. The molecule has 0 aliphatic heterocycles. The van der Waals surface area contributed by atoms with Gasteiger partial charge in [-0.1, -0.05) is 6.07 Å². The highest BCUT2D eigenvalue weighted by Crippen LogP contribution is 2.30. The molecule has 0 saturated carbocycles. The highest BCUT2D eigenvalue weighted by molar-refractivity contribution is 7.92. The van der Waals surface area contributed by atoms with Crippen molar-refractivity contribution >= 4 is 27.9 Å². The van der Waals surface area contributed by atoms with Crippen LogP contribution in [0.2, 0.25) is 0 Å². The number of rotatable bonds is 1. The summed E-state index contributed by atoms with van der Waals surface area (Å²) in [6.07, 6.45) is 0. The normalized spacial score (nSPS) is 11.9. The van der Waals surface area contributed by atoms with Gasteiger partial charge in [-0.2, -0.15) is 13.2 Å². The van der Waals surface area contributed by atoms with Crippen LogP contribution in [0.5, 0.6) is 0 Å². The van der Waals surface area contributed by atoms with Crippen molar-refractivity contribution in [1.82, 2.24) is 0 Å². The summed E-state index contributed by atoms with van der Waals surface area (Å²) in [5, 5.41) is 0. The summed E-state index contributed by atoms with van der Waals surface area (Å²) in [5.41, 5.74) is -0.156. The first-order valence-corrected chi connectivity index (χ1v) is 4.90. The van der Waals surface area contributed by atoms with Gasteiger partial charge in [0.25, 0.3) is 9.84 Å². The van der Waals surface area contributed by atoms with Crippen LogP contribution in [0.25, 0.3) is 0 Å². The Morgan fingerprint density at radius 3 is 2.13 bits per heavy atom. The monoisotopic (exact) mass is 261 g/mol. The molecule has 0 saturated heterocycles. The second-order valence-corrected chi connectivity index (χ2v) is 4.46. The summed E-state index contributed by atoms with van der Waals surface area (Å²) >= 11 is 0. The molecule has 0 fully saturated rings. The summed E-state index contributed by atoms with van der Waals surface area (Å²) in [6, 6.07) is 4.06. The Labute approximate surface area is 90.4 Å². The molecule has 0 amide bonds. The fourth-order valence-electron chi connectivity index (χ4n) is 0.815. The number of benzene rings is 1. The van der Waals surface area contributed by atoms with E-state index in [0.29, 0.717) is 0 Å². The molecule has 2 N–H and O–H groups in total. The van der Waals surface area contributed by atoms with Crippen molar-refractivity contribution in [3.05, 3.63) is 24.3 Å². The number of sulfone groups is 1. The second kappa shape index (κ2) is 4.28. The molecule has 86 valence electrons. The zero-order valence-electron chi connectivity index (χ0n) is 7.15. The van der Waals surface area contributed by atoms with Crippen LogP contribution in [-0.2, 0) is 9.84 Å². The minimum Gasteiger partial charge on any atom is -0.399 e. The van der Waals surface area contributed by atoms with E-state index in [0.717, 1.165) is 18.2 Å². The number of halogens is 4. The van der Waals surface area contributed by atoms with Gasteiger partial charge in [-0.3, -0.25) is 0 Å². The third kappa shape index (κ3) is 2.75. The number of anilines is 1. The number of hydrogen-bond acceptors (Lipinski definition) is 3. The van der Waals surface area contributed by atoms with Crippen LogP contribution < -0.4 is 5.73 Å². The lowest BCUT2D eigenvalue weighted by atomic mass is 10.3. The summed E-state index contributed by atoms with van der Waals surface area (Å²) in [7, 11) is -5.28. The minimum atomic E-state index is -5.29. The zero-order valence-corrected chi connectivity index (χ0v) is 8.79. The molecule has 8 heteroatoms. The van der Waals surface area contributed by atoms with Crippen LogP contribution in [0, 0.1) is 0 Å². The predicted molar refractivity (Wildman–Crippen MR) is 51.3 cm³/mol. The smallest absolute Gasteiger partial charge is 0.399 e. The molecule has 0 radical (unpaired) electrons. The first-order valence-electron chi connectivity index (χ1n) is 3.42. The summed E-state index contributed by atoms with van der Waals surface area (Å²) < 4.78 is 57.7. The molecule has 3 nitrogen and oxygen atoms in total. The van der Waals surface area contributed by atoms with Crippen molar-refractivity contribution in [3.63, 3.8) is 0 Å². The van der Waals surface area contributed by atoms with E-state index in [1.807, 2.05) is 0 Å². The average molecular weight is 262 g/mol. The topological polar surface area (TPSA) is 60.2 Å². The standard InChI is InChI=1S/C7H6F3NO2S.ClH/c8-7(9,10)14(12,13)6-3-1-2-5(11)4-6;/h1-4H,11H2;1H. The van der Waals surface area contributed by atoms with Gasteiger partial charge in [0, 0.05) is 5.69 Å². The van der Waals surface area contributed by atoms with E-state index in [4.69, 9.17) is 5.73 Å². The SMILES string of the molecule is Cl.Nc1cccc(S(=O)(=O)C(F)(F)F)c1. The molecule has 1 aromatic carbocycles. The van der Waals surface area contributed by atoms with Crippen LogP contribution in [0.4, 0.5) is 18.9 Å². The van der Waals surface area contributed by atoms with Crippen LogP contribution >= 0.6 is 12.4 Å². The average Bonchev–Trinajstić information content (AvgIpc) is 2.02. The van der Waals surface area contributed by atoms with Gasteiger partial charge < -0.3 is 5.73 Å². The third-order valence-corrected chi connectivity index (χ3v) is 2.96. The van der Waals surface area contributed by atoms with Crippen molar-refractivity contribution in [2.24, 2.45) is 0 Å². The molecule has 0 aromatic heterocycles. The molecule has 0 spiro atoms. The van der Waals surface area contributed by atoms with Gasteiger partial charge in [0.15, 0.2) is 0 Å². The second-order valence-electron chi connectivity index (χ2n) is 2.52. The zero-order chi connectivity index (χ0) is 11.0. The molecular formula is C7H7ClF3NO2S. The number of hydrogen-bond donors (Lipinski definition) is 1. The van der Waals surface area contributed by atoms with Gasteiger partial charge in [-0.15, -0.1) is 12.4 Å². The number of alkyl halides is 3. The minimum absolute atomic E-state index is 0. The Morgan fingerprint density at radius 1 is 1.20 bits per heavy atom. The molecule has 0 atom stereocenters. The van der Waals surface area contributed by atoms with E-state index in [2.05, 4.69) is 0 Å². The molecule has 0 bridgehead atoms. The van der Waals surface area contributed by atoms with Crippen molar-refractivity contribution in [1.29, 1.82) is 0 Å². The maximum absolute atomic E-state index is 12.0. The first-order chi connectivity index (χ1) is 6.25. The fourth-order valence-corrected chi connectivity index (χ4v) is 1.63. The Hall–Kier alpha value is -0.950. The van der Waals surface area contributed by atoms with Gasteiger partial charge in [0.05, 0.1) is 4.90 Å². The highest BCUT2D eigenvalue weighted by atomic mass is 35.5. The molecule has 1 aromatic rings. The van der Waals surface area contributed by atoms with Gasteiger partial charge in [-0.05, 0) is 18.2 Å². The van der Waals surface area contributed by atoms with E-state index in [1.54, 1.807) is 0 Å². The maximum atomic E-state index is 12.0. The lowest BCUT2D eigenvalue weighted by Crippen LogP contribution is -2.23. The summed E-state index contributed by atoms with van der Waals surface area (Å²) in [6.45, 7) is 0. The Bertz CT molecular complexity index is 444. The number of nitrogen functional groups attached to an aromatic ring is 1. The van der Waals surface area contributed by atoms with Crippen LogP contribution in [0.3, 0.4) is 0 Å². The fraction of sp³-hybridized carbons (Fsp3) is 0.143. The van der Waals surface area contributed by atoms with Crippen LogP contribution in [-0.4, -0.2) is 13.9 Å². The third-order valence-electron chi connectivity index (χ3n) is 1.47. The van der Waals surface area contributed by atoms with Crippen LogP contribution in [0.15, 0.2) is 29.2 Å². The van der Waals surface area contributed by atoms with Crippen LogP contribution in [0.1, 0.15) is 0 Å².